The summed E-state index contributed by atoms with van der Waals surface area (Å²) in [5.74, 6) is 0.818. The van der Waals surface area contributed by atoms with Crippen molar-refractivity contribution in [1.82, 2.24) is 15.3 Å². The zero-order valence-electron chi connectivity index (χ0n) is 14.1. The van der Waals surface area contributed by atoms with Crippen LogP contribution in [-0.4, -0.2) is 9.97 Å². The summed E-state index contributed by atoms with van der Waals surface area (Å²) < 4.78 is 5.95. The lowest BCUT2D eigenvalue weighted by atomic mass is 10.2. The van der Waals surface area contributed by atoms with Crippen LogP contribution in [0.25, 0.3) is 0 Å². The van der Waals surface area contributed by atoms with Crippen molar-refractivity contribution in [2.75, 3.05) is 0 Å². The Hall–Kier alpha value is -2.43. The van der Waals surface area contributed by atoms with E-state index < -0.39 is 0 Å². The fourth-order valence-corrected chi connectivity index (χ4v) is 2.69. The third-order valence-corrected chi connectivity index (χ3v) is 3.94. The van der Waals surface area contributed by atoms with Crippen LogP contribution in [-0.2, 0) is 19.7 Å². The highest BCUT2D eigenvalue weighted by Gasteiger charge is 2.06. The molecule has 0 spiro atoms. The van der Waals surface area contributed by atoms with Crippen molar-refractivity contribution in [3.63, 3.8) is 0 Å². The standard InChI is InChI=1S/C20H20ClN3O/c1-15-4-2-6-19(24-15)13-23-12-17-10-18(21)7-8-20(17)25-14-16-5-3-9-22-11-16/h2-11,23H,12-14H2,1H3. The summed E-state index contributed by atoms with van der Waals surface area (Å²) in [5, 5.41) is 4.09. The van der Waals surface area contributed by atoms with Gasteiger partial charge in [0, 0.05) is 47.3 Å². The number of nitrogens with one attached hydrogen (secondary N) is 1. The van der Waals surface area contributed by atoms with Gasteiger partial charge in [-0.05, 0) is 43.3 Å². The summed E-state index contributed by atoms with van der Waals surface area (Å²) in [6, 6.07) is 15.6. The lowest BCUT2D eigenvalue weighted by molar-refractivity contribution is 0.301. The number of hydrogen-bond donors (Lipinski definition) is 1. The number of aryl methyl sites for hydroxylation is 1. The lowest BCUT2D eigenvalue weighted by Gasteiger charge is -2.13. The van der Waals surface area contributed by atoms with E-state index in [0.29, 0.717) is 24.7 Å². The maximum absolute atomic E-state index is 6.15. The van der Waals surface area contributed by atoms with Gasteiger partial charge >= 0.3 is 0 Å². The van der Waals surface area contributed by atoms with E-state index in [4.69, 9.17) is 16.3 Å². The van der Waals surface area contributed by atoms with Gasteiger partial charge in [-0.15, -0.1) is 0 Å². The molecule has 0 atom stereocenters. The summed E-state index contributed by atoms with van der Waals surface area (Å²) in [6.45, 7) is 3.81. The number of rotatable bonds is 7. The molecular weight excluding hydrogens is 334 g/mol. The first-order valence-electron chi connectivity index (χ1n) is 8.14. The van der Waals surface area contributed by atoms with E-state index in [-0.39, 0.29) is 0 Å². The molecule has 0 unspecified atom stereocenters. The molecule has 1 aromatic carbocycles. The van der Waals surface area contributed by atoms with Crippen molar-refractivity contribution in [3.8, 4) is 5.75 Å². The van der Waals surface area contributed by atoms with Crippen LogP contribution in [0.3, 0.4) is 0 Å². The number of benzene rings is 1. The van der Waals surface area contributed by atoms with Gasteiger partial charge in [0.25, 0.3) is 0 Å². The van der Waals surface area contributed by atoms with Crippen molar-refractivity contribution in [2.45, 2.75) is 26.6 Å². The summed E-state index contributed by atoms with van der Waals surface area (Å²) >= 11 is 6.15. The molecule has 0 radical (unpaired) electrons. The van der Waals surface area contributed by atoms with E-state index in [2.05, 4.69) is 15.3 Å². The number of halogens is 1. The first-order chi connectivity index (χ1) is 12.2. The monoisotopic (exact) mass is 353 g/mol. The minimum Gasteiger partial charge on any atom is -0.489 e. The van der Waals surface area contributed by atoms with Crippen LogP contribution in [0.15, 0.2) is 60.9 Å². The van der Waals surface area contributed by atoms with Crippen LogP contribution in [0.4, 0.5) is 0 Å². The molecule has 3 rings (SSSR count). The molecule has 25 heavy (non-hydrogen) atoms. The highest BCUT2D eigenvalue weighted by molar-refractivity contribution is 6.30. The summed E-state index contributed by atoms with van der Waals surface area (Å²) in [4.78, 5) is 8.60. The van der Waals surface area contributed by atoms with Gasteiger partial charge in [-0.25, -0.2) is 0 Å². The Balaban J connectivity index is 1.62. The van der Waals surface area contributed by atoms with Crippen LogP contribution in [0.2, 0.25) is 5.02 Å². The molecule has 128 valence electrons. The molecule has 4 nitrogen and oxygen atoms in total. The smallest absolute Gasteiger partial charge is 0.124 e. The van der Waals surface area contributed by atoms with Crippen molar-refractivity contribution in [2.24, 2.45) is 0 Å². The fourth-order valence-electron chi connectivity index (χ4n) is 2.49. The molecule has 2 heterocycles. The van der Waals surface area contributed by atoms with Crippen LogP contribution in [0.1, 0.15) is 22.5 Å². The van der Waals surface area contributed by atoms with Crippen molar-refractivity contribution in [3.05, 3.63) is 88.5 Å². The van der Waals surface area contributed by atoms with Crippen molar-refractivity contribution >= 4 is 11.6 Å². The second-order valence-corrected chi connectivity index (χ2v) is 6.21. The Morgan fingerprint density at radius 3 is 2.80 bits per heavy atom. The third kappa shape index (κ3) is 5.28. The zero-order valence-corrected chi connectivity index (χ0v) is 14.8. The normalized spacial score (nSPS) is 10.6. The predicted octanol–water partition coefficient (Wildman–Crippen LogP) is 4.31. The number of aromatic nitrogens is 2. The molecular formula is C20H20ClN3O. The zero-order chi connectivity index (χ0) is 17.5. The number of pyridine rings is 2. The van der Waals surface area contributed by atoms with E-state index in [9.17, 15) is 0 Å². The van der Waals surface area contributed by atoms with Gasteiger partial charge < -0.3 is 10.1 Å². The molecule has 3 aromatic rings. The molecule has 0 fully saturated rings. The molecule has 0 aliphatic carbocycles. The topological polar surface area (TPSA) is 47.0 Å². The molecule has 5 heteroatoms. The van der Waals surface area contributed by atoms with E-state index in [1.54, 1.807) is 12.4 Å². The summed E-state index contributed by atoms with van der Waals surface area (Å²) in [6.07, 6.45) is 3.55. The summed E-state index contributed by atoms with van der Waals surface area (Å²) in [7, 11) is 0. The Morgan fingerprint density at radius 2 is 2.00 bits per heavy atom. The molecule has 0 bridgehead atoms. The molecule has 0 aliphatic heterocycles. The Bertz CT molecular complexity index is 824. The number of ether oxygens (including phenoxy) is 1. The van der Waals surface area contributed by atoms with Gasteiger partial charge in [-0.2, -0.15) is 0 Å². The largest absolute Gasteiger partial charge is 0.489 e. The van der Waals surface area contributed by atoms with E-state index in [1.165, 1.54) is 0 Å². The molecule has 1 N–H and O–H groups in total. The fraction of sp³-hybridized carbons (Fsp3) is 0.200. The number of nitrogens with zero attached hydrogens (tertiary/aromatic N) is 2. The van der Waals surface area contributed by atoms with Gasteiger partial charge in [-0.1, -0.05) is 23.7 Å². The van der Waals surface area contributed by atoms with Gasteiger partial charge in [0.15, 0.2) is 0 Å². The second-order valence-electron chi connectivity index (χ2n) is 5.78. The van der Waals surface area contributed by atoms with Crippen LogP contribution in [0, 0.1) is 6.92 Å². The van der Waals surface area contributed by atoms with Crippen molar-refractivity contribution in [1.29, 1.82) is 0 Å². The first-order valence-corrected chi connectivity index (χ1v) is 8.52. The van der Waals surface area contributed by atoms with Gasteiger partial charge in [0.05, 0.1) is 5.69 Å². The average molecular weight is 354 g/mol. The molecule has 2 aromatic heterocycles. The van der Waals surface area contributed by atoms with Gasteiger partial charge in [0.2, 0.25) is 0 Å². The third-order valence-electron chi connectivity index (χ3n) is 3.71. The van der Waals surface area contributed by atoms with E-state index in [0.717, 1.165) is 28.3 Å². The first kappa shape index (κ1) is 17.4. The highest BCUT2D eigenvalue weighted by atomic mass is 35.5. The minimum absolute atomic E-state index is 0.474. The molecule has 0 saturated heterocycles. The highest BCUT2D eigenvalue weighted by Crippen LogP contribution is 2.24. The lowest BCUT2D eigenvalue weighted by Crippen LogP contribution is -2.14. The number of hydrogen-bond acceptors (Lipinski definition) is 4. The van der Waals surface area contributed by atoms with Crippen LogP contribution in [0.5, 0.6) is 5.75 Å². The van der Waals surface area contributed by atoms with Crippen LogP contribution < -0.4 is 10.1 Å². The Morgan fingerprint density at radius 1 is 1.08 bits per heavy atom. The Labute approximate surface area is 152 Å². The quantitative estimate of drug-likeness (QED) is 0.687. The van der Waals surface area contributed by atoms with E-state index >= 15 is 0 Å². The molecule has 0 saturated carbocycles. The summed E-state index contributed by atoms with van der Waals surface area (Å²) in [5.41, 5.74) is 4.08. The molecule has 0 amide bonds. The van der Waals surface area contributed by atoms with Crippen molar-refractivity contribution < 1.29 is 4.74 Å². The van der Waals surface area contributed by atoms with Gasteiger partial charge in [-0.3, -0.25) is 9.97 Å². The Kier molecular flexibility index (Phi) is 5.99. The SMILES string of the molecule is Cc1cccc(CNCc2cc(Cl)ccc2OCc2cccnc2)n1. The minimum atomic E-state index is 0.474. The molecule has 0 aliphatic rings. The maximum atomic E-state index is 6.15. The maximum Gasteiger partial charge on any atom is 0.124 e. The predicted molar refractivity (Wildman–Crippen MR) is 99.5 cm³/mol. The average Bonchev–Trinajstić information content (AvgIpc) is 2.62. The van der Waals surface area contributed by atoms with Gasteiger partial charge in [0.1, 0.15) is 12.4 Å². The van der Waals surface area contributed by atoms with Crippen LogP contribution >= 0.6 is 11.6 Å². The van der Waals surface area contributed by atoms with E-state index in [1.807, 2.05) is 55.5 Å². The second kappa shape index (κ2) is 8.60.